The zero-order chi connectivity index (χ0) is 20.2. The first kappa shape index (κ1) is 19.4. The number of aromatic nitrogens is 4. The van der Waals surface area contributed by atoms with Gasteiger partial charge < -0.3 is 19.6 Å². The van der Waals surface area contributed by atoms with Gasteiger partial charge in [-0.15, -0.1) is 0 Å². The van der Waals surface area contributed by atoms with E-state index in [1.54, 1.807) is 13.3 Å². The highest BCUT2D eigenvalue weighted by Crippen LogP contribution is 2.37. The predicted molar refractivity (Wildman–Crippen MR) is 109 cm³/mol. The molecule has 0 unspecified atom stereocenters. The molecule has 1 aliphatic carbocycles. The minimum absolute atomic E-state index is 0.167. The molecule has 0 atom stereocenters. The lowest BCUT2D eigenvalue weighted by Gasteiger charge is -2.29. The largest absolute Gasteiger partial charge is 0.385 e. The van der Waals surface area contributed by atoms with Crippen molar-refractivity contribution in [3.05, 3.63) is 24.3 Å². The molecular weight excluding hydrogens is 368 g/mol. The van der Waals surface area contributed by atoms with E-state index in [2.05, 4.69) is 30.9 Å². The molecule has 152 valence electrons. The molecule has 4 rings (SSSR count). The molecule has 3 aromatic rings. The van der Waals surface area contributed by atoms with E-state index in [4.69, 9.17) is 10.00 Å². The number of aromatic amines is 1. The molecule has 1 saturated carbocycles. The molecule has 0 saturated heterocycles. The molecule has 1 amide bonds. The van der Waals surface area contributed by atoms with E-state index >= 15 is 0 Å². The summed E-state index contributed by atoms with van der Waals surface area (Å²) in [7, 11) is 1.65. The Balaban J connectivity index is 1.70. The molecule has 3 aromatic heterocycles. The van der Waals surface area contributed by atoms with Crippen molar-refractivity contribution in [2.45, 2.75) is 44.6 Å². The van der Waals surface area contributed by atoms with E-state index < -0.39 is 0 Å². The van der Waals surface area contributed by atoms with Crippen LogP contribution in [0.1, 0.15) is 55.2 Å². The smallest absolute Gasteiger partial charge is 0.287 e. The number of nitriles is 1. The van der Waals surface area contributed by atoms with Crippen LogP contribution in [0, 0.1) is 17.2 Å². The fourth-order valence-electron chi connectivity index (χ4n) is 4.34. The lowest BCUT2D eigenvalue weighted by atomic mass is 9.84. The molecule has 1 fully saturated rings. The van der Waals surface area contributed by atoms with E-state index in [1.807, 2.05) is 12.3 Å². The van der Waals surface area contributed by atoms with Crippen LogP contribution in [0.5, 0.6) is 0 Å². The van der Waals surface area contributed by atoms with E-state index in [0.29, 0.717) is 31.3 Å². The average Bonchev–Trinajstić information content (AvgIpc) is 3.36. The van der Waals surface area contributed by atoms with Crippen molar-refractivity contribution in [3.8, 4) is 6.07 Å². The van der Waals surface area contributed by atoms with Crippen LogP contribution in [-0.2, 0) is 4.74 Å². The number of rotatable bonds is 7. The number of imidazole rings is 1. The van der Waals surface area contributed by atoms with E-state index in [0.717, 1.165) is 54.2 Å². The van der Waals surface area contributed by atoms with Gasteiger partial charge in [0, 0.05) is 44.3 Å². The summed E-state index contributed by atoms with van der Waals surface area (Å²) in [6, 6.07) is 4.48. The molecule has 29 heavy (non-hydrogen) atoms. The molecule has 0 bridgehead atoms. The van der Waals surface area contributed by atoms with Crippen molar-refractivity contribution in [3.63, 3.8) is 0 Å². The van der Waals surface area contributed by atoms with Gasteiger partial charge in [-0.25, -0.2) is 9.97 Å². The maximum Gasteiger partial charge on any atom is 0.287 e. The standard InChI is InChI=1S/C21H26N6O2/c1-29-12-2-10-24-21(28)20-26-17-13-25-19-16(8-11-23-19)18(17)27(20)15-5-3-14(4-6-15)7-9-22/h8,11,13-15H,2-7,10,12H2,1H3,(H,23,25)(H,24,28). The summed E-state index contributed by atoms with van der Waals surface area (Å²) in [6.07, 6.45) is 8.83. The van der Waals surface area contributed by atoms with Gasteiger partial charge in [0.1, 0.15) is 11.2 Å². The second-order valence-electron chi connectivity index (χ2n) is 7.68. The third-order valence-electron chi connectivity index (χ3n) is 5.81. The Hall–Kier alpha value is -2.92. The zero-order valence-corrected chi connectivity index (χ0v) is 16.6. The number of H-pyrrole nitrogens is 1. The molecule has 8 heteroatoms. The van der Waals surface area contributed by atoms with Crippen LogP contribution in [0.4, 0.5) is 0 Å². The Bertz CT molecular complexity index is 1040. The molecule has 1 aliphatic rings. The fraction of sp³-hybridized carbons (Fsp3) is 0.524. The summed E-state index contributed by atoms with van der Waals surface area (Å²) < 4.78 is 7.17. The molecule has 3 heterocycles. The van der Waals surface area contributed by atoms with Gasteiger partial charge in [-0.3, -0.25) is 4.79 Å². The zero-order valence-electron chi connectivity index (χ0n) is 16.6. The third-order valence-corrected chi connectivity index (χ3v) is 5.81. The number of carbonyl (C=O) groups excluding carboxylic acids is 1. The highest BCUT2D eigenvalue weighted by atomic mass is 16.5. The number of pyridine rings is 1. The Morgan fingerprint density at radius 2 is 2.24 bits per heavy atom. The average molecular weight is 394 g/mol. The number of nitrogens with zero attached hydrogens (tertiary/aromatic N) is 4. The molecule has 0 aliphatic heterocycles. The van der Waals surface area contributed by atoms with Crippen molar-refractivity contribution in [1.29, 1.82) is 5.26 Å². The number of ether oxygens (including phenoxy) is 1. The summed E-state index contributed by atoms with van der Waals surface area (Å²) in [4.78, 5) is 25.2. The van der Waals surface area contributed by atoms with Crippen LogP contribution < -0.4 is 5.32 Å². The lowest BCUT2D eigenvalue weighted by molar-refractivity contribution is 0.0929. The molecule has 0 radical (unpaired) electrons. The molecule has 0 aromatic carbocycles. The number of amides is 1. The Kier molecular flexibility index (Phi) is 5.76. The van der Waals surface area contributed by atoms with Crippen LogP contribution in [0.2, 0.25) is 0 Å². The van der Waals surface area contributed by atoms with Crippen molar-refractivity contribution >= 4 is 28.0 Å². The predicted octanol–water partition coefficient (Wildman–Crippen LogP) is 3.32. The van der Waals surface area contributed by atoms with Gasteiger partial charge in [-0.1, -0.05) is 0 Å². The van der Waals surface area contributed by atoms with Gasteiger partial charge in [-0.2, -0.15) is 5.26 Å². The van der Waals surface area contributed by atoms with E-state index in [9.17, 15) is 4.79 Å². The summed E-state index contributed by atoms with van der Waals surface area (Å²) in [5.74, 6) is 0.725. The monoisotopic (exact) mass is 394 g/mol. The van der Waals surface area contributed by atoms with Gasteiger partial charge in [0.15, 0.2) is 5.82 Å². The van der Waals surface area contributed by atoms with Crippen molar-refractivity contribution in [2.24, 2.45) is 5.92 Å². The maximum absolute atomic E-state index is 13.0. The second-order valence-corrected chi connectivity index (χ2v) is 7.68. The quantitative estimate of drug-likeness (QED) is 0.598. The third kappa shape index (κ3) is 3.83. The minimum atomic E-state index is -0.167. The van der Waals surface area contributed by atoms with Gasteiger partial charge in [0.25, 0.3) is 5.91 Å². The summed E-state index contributed by atoms with van der Waals surface area (Å²) in [5.41, 5.74) is 2.49. The first-order chi connectivity index (χ1) is 14.2. The Morgan fingerprint density at radius 3 is 3.00 bits per heavy atom. The van der Waals surface area contributed by atoms with Crippen LogP contribution >= 0.6 is 0 Å². The Morgan fingerprint density at radius 1 is 1.41 bits per heavy atom. The first-order valence-electron chi connectivity index (χ1n) is 10.2. The van der Waals surface area contributed by atoms with Crippen LogP contribution in [0.3, 0.4) is 0 Å². The molecule has 0 spiro atoms. The number of hydrogen-bond acceptors (Lipinski definition) is 5. The highest BCUT2D eigenvalue weighted by Gasteiger charge is 2.29. The van der Waals surface area contributed by atoms with Gasteiger partial charge in [0.05, 0.1) is 17.8 Å². The fourth-order valence-corrected chi connectivity index (χ4v) is 4.34. The molecule has 8 nitrogen and oxygen atoms in total. The number of fused-ring (bicyclic) bond motifs is 3. The minimum Gasteiger partial charge on any atom is -0.385 e. The SMILES string of the molecule is COCCCNC(=O)c1nc2cnc3[nH]ccc3c2n1C1CCC(CC#N)CC1. The van der Waals surface area contributed by atoms with Crippen molar-refractivity contribution in [2.75, 3.05) is 20.3 Å². The first-order valence-corrected chi connectivity index (χ1v) is 10.2. The van der Waals surface area contributed by atoms with E-state index in [-0.39, 0.29) is 11.9 Å². The number of nitrogens with one attached hydrogen (secondary N) is 2. The number of methoxy groups -OCH3 is 1. The number of hydrogen-bond donors (Lipinski definition) is 2. The topological polar surface area (TPSA) is 109 Å². The van der Waals surface area contributed by atoms with Gasteiger partial charge in [0.2, 0.25) is 0 Å². The highest BCUT2D eigenvalue weighted by molar-refractivity contribution is 6.04. The molecule has 2 N–H and O–H groups in total. The van der Waals surface area contributed by atoms with Crippen molar-refractivity contribution in [1.82, 2.24) is 24.8 Å². The van der Waals surface area contributed by atoms with Gasteiger partial charge in [-0.05, 0) is 44.1 Å². The van der Waals surface area contributed by atoms with E-state index in [1.165, 1.54) is 0 Å². The van der Waals surface area contributed by atoms with Crippen LogP contribution in [-0.4, -0.2) is 45.7 Å². The summed E-state index contributed by atoms with van der Waals surface area (Å²) >= 11 is 0. The van der Waals surface area contributed by atoms with Gasteiger partial charge >= 0.3 is 0 Å². The lowest BCUT2D eigenvalue weighted by Crippen LogP contribution is -2.30. The maximum atomic E-state index is 13.0. The summed E-state index contributed by atoms with van der Waals surface area (Å²) in [5, 5.41) is 13.0. The molecular formula is C21H26N6O2. The Labute approximate surface area is 169 Å². The summed E-state index contributed by atoms with van der Waals surface area (Å²) in [6.45, 7) is 1.15. The normalized spacial score (nSPS) is 19.4. The number of carbonyl (C=O) groups is 1. The van der Waals surface area contributed by atoms with Crippen molar-refractivity contribution < 1.29 is 9.53 Å². The van der Waals surface area contributed by atoms with Crippen LogP contribution in [0.25, 0.3) is 22.1 Å². The van der Waals surface area contributed by atoms with Crippen LogP contribution in [0.15, 0.2) is 18.5 Å². The second kappa shape index (κ2) is 8.62.